The normalized spacial score (nSPS) is 15.4. The molecule has 32 heavy (non-hydrogen) atoms. The number of benzene rings is 2. The molecule has 3 aromatic rings. The maximum atomic E-state index is 13.3. The van der Waals surface area contributed by atoms with Crippen molar-refractivity contribution in [2.45, 2.75) is 33.0 Å². The van der Waals surface area contributed by atoms with Crippen LogP contribution in [0.25, 0.3) is 11.3 Å². The molecule has 0 fully saturated rings. The van der Waals surface area contributed by atoms with E-state index in [0.29, 0.717) is 30.0 Å². The summed E-state index contributed by atoms with van der Waals surface area (Å²) in [5, 5.41) is 23.8. The van der Waals surface area contributed by atoms with Gasteiger partial charge in [0.2, 0.25) is 0 Å². The molecule has 0 saturated heterocycles. The fraction of sp³-hybridized carbons (Fsp3) is 0.320. The number of fused-ring (bicyclic) bond motifs is 1. The summed E-state index contributed by atoms with van der Waals surface area (Å²) in [4.78, 5) is 17.1. The molecule has 7 nitrogen and oxygen atoms in total. The number of aromatic nitrogens is 2. The van der Waals surface area contributed by atoms with Crippen LogP contribution in [-0.2, 0) is 13.2 Å². The quantitative estimate of drug-likeness (QED) is 0.671. The van der Waals surface area contributed by atoms with Gasteiger partial charge in [-0.05, 0) is 54.8 Å². The first-order valence-electron chi connectivity index (χ1n) is 10.6. The van der Waals surface area contributed by atoms with Crippen LogP contribution in [0.4, 0.5) is 5.69 Å². The van der Waals surface area contributed by atoms with Gasteiger partial charge in [0, 0.05) is 38.4 Å². The SMILES string of the molecule is Cc1cc(CO)c(-c2cc3n(n2)C(C)CN(Cc2ccc(C#N)cc2)C3=O)c(N(C)C)c1. The van der Waals surface area contributed by atoms with Crippen molar-refractivity contribution < 1.29 is 9.90 Å². The lowest BCUT2D eigenvalue weighted by atomic mass is 9.99. The molecule has 1 aromatic heterocycles. The Morgan fingerprint density at radius 2 is 1.94 bits per heavy atom. The molecule has 164 valence electrons. The summed E-state index contributed by atoms with van der Waals surface area (Å²) in [7, 11) is 3.92. The molecule has 0 radical (unpaired) electrons. The summed E-state index contributed by atoms with van der Waals surface area (Å²) >= 11 is 0. The van der Waals surface area contributed by atoms with Crippen LogP contribution in [0.15, 0.2) is 42.5 Å². The van der Waals surface area contributed by atoms with Crippen LogP contribution in [0, 0.1) is 18.3 Å². The highest BCUT2D eigenvalue weighted by Crippen LogP contribution is 2.36. The van der Waals surface area contributed by atoms with Crippen molar-refractivity contribution in [1.29, 1.82) is 5.26 Å². The predicted octanol–water partition coefficient (Wildman–Crippen LogP) is 3.51. The third kappa shape index (κ3) is 3.85. The minimum atomic E-state index is -0.103. The maximum absolute atomic E-state index is 13.3. The number of carbonyl (C=O) groups excluding carboxylic acids is 1. The number of aliphatic hydroxyl groups excluding tert-OH is 1. The van der Waals surface area contributed by atoms with E-state index in [-0.39, 0.29) is 18.6 Å². The average Bonchev–Trinajstić information content (AvgIpc) is 3.23. The molecule has 0 spiro atoms. The number of anilines is 1. The van der Waals surface area contributed by atoms with E-state index < -0.39 is 0 Å². The number of aryl methyl sites for hydroxylation is 1. The molecular weight excluding hydrogens is 402 g/mol. The van der Waals surface area contributed by atoms with Crippen LogP contribution in [0.1, 0.15) is 45.7 Å². The lowest BCUT2D eigenvalue weighted by molar-refractivity contribution is 0.0651. The van der Waals surface area contributed by atoms with Crippen LogP contribution in [0.5, 0.6) is 0 Å². The molecule has 1 N–H and O–H groups in total. The van der Waals surface area contributed by atoms with Crippen molar-refractivity contribution in [3.05, 3.63) is 70.4 Å². The number of hydrogen-bond donors (Lipinski definition) is 1. The first-order valence-corrected chi connectivity index (χ1v) is 10.6. The molecule has 4 rings (SSSR count). The number of amides is 1. The van der Waals surface area contributed by atoms with E-state index in [0.717, 1.165) is 27.9 Å². The van der Waals surface area contributed by atoms with Crippen LogP contribution in [-0.4, -0.2) is 46.3 Å². The monoisotopic (exact) mass is 429 g/mol. The molecule has 1 aliphatic rings. The Labute approximate surface area is 188 Å². The first kappa shape index (κ1) is 21.6. The van der Waals surface area contributed by atoms with Gasteiger partial charge in [0.1, 0.15) is 5.69 Å². The van der Waals surface area contributed by atoms with Gasteiger partial charge in [-0.15, -0.1) is 0 Å². The van der Waals surface area contributed by atoms with Gasteiger partial charge in [0.05, 0.1) is 30.0 Å². The van der Waals surface area contributed by atoms with E-state index in [4.69, 9.17) is 10.4 Å². The number of aliphatic hydroxyl groups is 1. The van der Waals surface area contributed by atoms with E-state index in [1.54, 1.807) is 16.8 Å². The third-order valence-corrected chi connectivity index (χ3v) is 5.85. The van der Waals surface area contributed by atoms with Gasteiger partial charge in [0.25, 0.3) is 5.91 Å². The summed E-state index contributed by atoms with van der Waals surface area (Å²) in [5.41, 5.74) is 6.47. The summed E-state index contributed by atoms with van der Waals surface area (Å²) < 4.78 is 1.80. The minimum absolute atomic E-state index is 0.0145. The minimum Gasteiger partial charge on any atom is -0.392 e. The molecule has 1 amide bonds. The van der Waals surface area contributed by atoms with Crippen molar-refractivity contribution >= 4 is 11.6 Å². The first-order chi connectivity index (χ1) is 15.3. The standard InChI is InChI=1S/C25H27N5O2/c1-16-9-20(15-31)24(22(10-16)28(3)4)21-11-23-25(32)29(13-17(2)30(23)27-21)14-19-7-5-18(12-26)6-8-19/h5-11,17,31H,13-15H2,1-4H3. The topological polar surface area (TPSA) is 85.4 Å². The van der Waals surface area contributed by atoms with E-state index in [2.05, 4.69) is 12.1 Å². The number of rotatable bonds is 5. The highest BCUT2D eigenvalue weighted by atomic mass is 16.3. The number of nitriles is 1. The molecule has 1 atom stereocenters. The van der Waals surface area contributed by atoms with Crippen molar-refractivity contribution in [3.8, 4) is 17.3 Å². The molecule has 0 aliphatic carbocycles. The second-order valence-electron chi connectivity index (χ2n) is 8.57. The predicted molar refractivity (Wildman–Crippen MR) is 123 cm³/mol. The smallest absolute Gasteiger partial charge is 0.272 e. The molecule has 0 bridgehead atoms. The highest BCUT2D eigenvalue weighted by Gasteiger charge is 2.32. The molecule has 1 unspecified atom stereocenters. The van der Waals surface area contributed by atoms with Gasteiger partial charge >= 0.3 is 0 Å². The largest absolute Gasteiger partial charge is 0.392 e. The van der Waals surface area contributed by atoms with E-state index in [1.165, 1.54) is 0 Å². The fourth-order valence-electron chi connectivity index (χ4n) is 4.31. The summed E-state index contributed by atoms with van der Waals surface area (Å²) in [6.07, 6.45) is 0. The lowest BCUT2D eigenvalue weighted by Crippen LogP contribution is -2.41. The fourth-order valence-corrected chi connectivity index (χ4v) is 4.31. The van der Waals surface area contributed by atoms with Crippen molar-refractivity contribution in [2.75, 3.05) is 25.5 Å². The summed E-state index contributed by atoms with van der Waals surface area (Å²) in [6, 6.07) is 15.3. The van der Waals surface area contributed by atoms with Crippen LogP contribution >= 0.6 is 0 Å². The van der Waals surface area contributed by atoms with Crippen molar-refractivity contribution in [2.24, 2.45) is 0 Å². The van der Waals surface area contributed by atoms with Gasteiger partial charge < -0.3 is 14.9 Å². The Morgan fingerprint density at radius 3 is 2.56 bits per heavy atom. The summed E-state index contributed by atoms with van der Waals surface area (Å²) in [5.74, 6) is -0.0738. The Bertz CT molecular complexity index is 1200. The zero-order chi connectivity index (χ0) is 23.0. The Balaban J connectivity index is 1.71. The van der Waals surface area contributed by atoms with E-state index in [1.807, 2.05) is 62.0 Å². The van der Waals surface area contributed by atoms with Crippen LogP contribution in [0.3, 0.4) is 0 Å². The van der Waals surface area contributed by atoms with Gasteiger partial charge in [-0.3, -0.25) is 9.48 Å². The maximum Gasteiger partial charge on any atom is 0.272 e. The zero-order valence-electron chi connectivity index (χ0n) is 18.8. The molecule has 1 aliphatic heterocycles. The van der Waals surface area contributed by atoms with E-state index >= 15 is 0 Å². The Kier molecular flexibility index (Phi) is 5.72. The molecule has 0 saturated carbocycles. The Morgan fingerprint density at radius 1 is 1.22 bits per heavy atom. The third-order valence-electron chi connectivity index (χ3n) is 5.85. The molecule has 7 heteroatoms. The number of nitrogens with zero attached hydrogens (tertiary/aromatic N) is 5. The van der Waals surface area contributed by atoms with Crippen LogP contribution in [0.2, 0.25) is 0 Å². The molecule has 2 heterocycles. The van der Waals surface area contributed by atoms with E-state index in [9.17, 15) is 9.90 Å². The summed E-state index contributed by atoms with van der Waals surface area (Å²) in [6.45, 7) is 4.97. The highest BCUT2D eigenvalue weighted by molar-refractivity contribution is 5.95. The van der Waals surface area contributed by atoms with Gasteiger partial charge in [-0.1, -0.05) is 18.2 Å². The number of carbonyl (C=O) groups is 1. The van der Waals surface area contributed by atoms with Crippen LogP contribution < -0.4 is 4.90 Å². The number of hydrogen-bond acceptors (Lipinski definition) is 5. The lowest BCUT2D eigenvalue weighted by Gasteiger charge is -2.31. The second-order valence-corrected chi connectivity index (χ2v) is 8.57. The zero-order valence-corrected chi connectivity index (χ0v) is 18.8. The van der Waals surface area contributed by atoms with Gasteiger partial charge in [0.15, 0.2) is 0 Å². The molecule has 2 aromatic carbocycles. The molecular formula is C25H27N5O2. The van der Waals surface area contributed by atoms with Crippen molar-refractivity contribution in [3.63, 3.8) is 0 Å². The average molecular weight is 430 g/mol. The Hall–Kier alpha value is -3.63. The van der Waals surface area contributed by atoms with Crippen molar-refractivity contribution in [1.82, 2.24) is 14.7 Å². The second kappa shape index (κ2) is 8.48. The van der Waals surface area contributed by atoms with Gasteiger partial charge in [-0.2, -0.15) is 10.4 Å². The van der Waals surface area contributed by atoms with Gasteiger partial charge in [-0.25, -0.2) is 0 Å².